The average Bonchev–Trinajstić information content (AvgIpc) is 4.20. The third kappa shape index (κ3) is 19.3. The summed E-state index contributed by atoms with van der Waals surface area (Å²) in [6.07, 6.45) is 0. The molecule has 0 aliphatic heterocycles. The van der Waals surface area contributed by atoms with Crippen molar-refractivity contribution in [2.45, 2.75) is 6.54 Å². The molecule has 0 aliphatic carbocycles. The van der Waals surface area contributed by atoms with Crippen LogP contribution in [0, 0.1) is 45.9 Å². The fourth-order valence-corrected chi connectivity index (χ4v) is 6.48. The SMILES string of the molecule is Fc1ccccc1Nc1ccccc1-c1nn[nH]n1.N#Cc1ccccc1N.N#Cc1ccccc1Nc1ccccc1F.OB(O)c1ccccc1F.OCCBr.OCCn1nnc(-c2ccccc2Nc2ccccc2F)n1. The molecule has 0 atom stereocenters. The molecule has 0 fully saturated rings. The van der Waals surface area contributed by atoms with E-state index in [1.54, 1.807) is 103 Å². The summed E-state index contributed by atoms with van der Waals surface area (Å²) in [7, 11) is -1.72. The summed E-state index contributed by atoms with van der Waals surface area (Å²) in [4.78, 5) is 1.31. The number of anilines is 7. The number of aliphatic hydroxyl groups is 2. The maximum atomic E-state index is 13.8. The second kappa shape index (κ2) is 33.4. The molecule has 18 nitrogen and oxygen atoms in total. The molecule has 0 radical (unpaired) electrons. The van der Waals surface area contributed by atoms with Crippen molar-refractivity contribution >= 4 is 68.3 Å². The smallest absolute Gasteiger partial charge is 0.423 e. The number of hydrogen-bond donors (Lipinski definition) is 9. The van der Waals surface area contributed by atoms with E-state index in [0.29, 0.717) is 73.5 Å². The van der Waals surface area contributed by atoms with Crippen molar-refractivity contribution in [3.63, 3.8) is 0 Å². The van der Waals surface area contributed by atoms with E-state index in [9.17, 15) is 17.6 Å². The van der Waals surface area contributed by atoms with Crippen LogP contribution in [0.15, 0.2) is 194 Å². The molecular weight excluding hydrogens is 1100 g/mol. The van der Waals surface area contributed by atoms with E-state index in [0.717, 1.165) is 5.56 Å². The van der Waals surface area contributed by atoms with Crippen molar-refractivity contribution in [1.82, 2.24) is 40.8 Å². The zero-order valence-corrected chi connectivity index (χ0v) is 43.7. The maximum Gasteiger partial charge on any atom is 0.491 e. The van der Waals surface area contributed by atoms with Crippen LogP contribution in [0.4, 0.5) is 57.4 Å². The van der Waals surface area contributed by atoms with Crippen molar-refractivity contribution in [1.29, 1.82) is 10.5 Å². The highest BCUT2D eigenvalue weighted by Crippen LogP contribution is 2.30. The normalized spacial score (nSPS) is 9.79. The summed E-state index contributed by atoms with van der Waals surface area (Å²) < 4.78 is 53.3. The Morgan fingerprint density at radius 2 is 0.938 bits per heavy atom. The molecule has 0 amide bonds. The number of H-pyrrole nitrogens is 1. The summed E-state index contributed by atoms with van der Waals surface area (Å²) in [5, 5.41) is 86.5. The first kappa shape index (κ1) is 61.0. The van der Waals surface area contributed by atoms with Gasteiger partial charge in [-0.15, -0.1) is 20.4 Å². The molecule has 10 N–H and O–H groups in total. The Morgan fingerprint density at radius 3 is 1.35 bits per heavy atom. The summed E-state index contributed by atoms with van der Waals surface area (Å²) >= 11 is 3.00. The van der Waals surface area contributed by atoms with Crippen molar-refractivity contribution < 1.29 is 37.8 Å². The minimum absolute atomic E-state index is 0.0646. The number of para-hydroxylation sites is 7. The van der Waals surface area contributed by atoms with Crippen LogP contribution in [-0.2, 0) is 6.54 Å². The van der Waals surface area contributed by atoms with Crippen molar-refractivity contribution in [3.8, 4) is 34.9 Å². The van der Waals surface area contributed by atoms with Gasteiger partial charge in [0, 0.05) is 39.0 Å². The second-order valence-corrected chi connectivity index (χ2v) is 16.5. The van der Waals surface area contributed by atoms with Crippen LogP contribution in [-0.4, -0.2) is 86.8 Å². The number of hydrogen-bond acceptors (Lipinski definition) is 16. The molecule has 10 aromatic rings. The monoisotopic (exact) mass is 1150 g/mol. The molecule has 0 saturated carbocycles. The molecule has 24 heteroatoms. The lowest BCUT2D eigenvalue weighted by atomic mass is 9.80. The molecule has 0 spiro atoms. The Morgan fingerprint density at radius 1 is 0.525 bits per heavy atom. The number of tetrazole rings is 2. The number of nitrogens with two attached hydrogens (primary N) is 1. The quantitative estimate of drug-likeness (QED) is 0.0238. The van der Waals surface area contributed by atoms with Crippen LogP contribution in [0.5, 0.6) is 0 Å². The Bertz CT molecular complexity index is 3550. The van der Waals surface area contributed by atoms with E-state index in [2.05, 4.69) is 74.0 Å². The number of nitrogens with one attached hydrogen (secondary N) is 4. The summed E-state index contributed by atoms with van der Waals surface area (Å²) in [5.41, 5.74) is 11.5. The van der Waals surface area contributed by atoms with Gasteiger partial charge < -0.3 is 41.9 Å². The fraction of sp³-hybridized carbons (Fsp3) is 0.0714. The highest BCUT2D eigenvalue weighted by molar-refractivity contribution is 9.09. The average molecular weight is 1150 g/mol. The minimum Gasteiger partial charge on any atom is -0.423 e. The summed E-state index contributed by atoms with van der Waals surface area (Å²) in [5.74, 6) is -0.723. The Balaban J connectivity index is 0.000000187. The zero-order valence-electron chi connectivity index (χ0n) is 42.2. The highest BCUT2D eigenvalue weighted by Gasteiger charge is 2.15. The number of alkyl halides is 1. The lowest BCUT2D eigenvalue weighted by Crippen LogP contribution is -2.32. The van der Waals surface area contributed by atoms with Crippen LogP contribution in [0.2, 0.25) is 0 Å². The van der Waals surface area contributed by atoms with Crippen LogP contribution >= 0.6 is 15.9 Å². The van der Waals surface area contributed by atoms with Gasteiger partial charge in [-0.1, -0.05) is 119 Å². The van der Waals surface area contributed by atoms with Crippen molar-refractivity contribution in [2.75, 3.05) is 40.2 Å². The lowest BCUT2D eigenvalue weighted by Gasteiger charge is -2.10. The number of aromatic nitrogens is 8. The largest absolute Gasteiger partial charge is 0.491 e. The first-order valence-corrected chi connectivity index (χ1v) is 24.9. The number of nitrogens with zero attached hydrogens (tertiary/aromatic N) is 9. The molecule has 80 heavy (non-hydrogen) atoms. The third-order valence-corrected chi connectivity index (χ3v) is 10.6. The predicted octanol–water partition coefficient (Wildman–Crippen LogP) is 9.43. The molecule has 406 valence electrons. The van der Waals surface area contributed by atoms with E-state index in [1.807, 2.05) is 54.6 Å². The Kier molecular flexibility index (Phi) is 25.5. The van der Waals surface area contributed by atoms with Crippen molar-refractivity contribution in [3.05, 3.63) is 229 Å². The van der Waals surface area contributed by atoms with Gasteiger partial charge in [0.1, 0.15) is 35.4 Å². The van der Waals surface area contributed by atoms with Gasteiger partial charge in [-0.2, -0.15) is 20.5 Å². The lowest BCUT2D eigenvalue weighted by molar-refractivity contribution is 0.259. The first-order chi connectivity index (χ1) is 38.9. The van der Waals surface area contributed by atoms with E-state index < -0.39 is 12.9 Å². The summed E-state index contributed by atoms with van der Waals surface area (Å²) in [6.45, 7) is 0.445. The van der Waals surface area contributed by atoms with Gasteiger partial charge in [-0.05, 0) is 101 Å². The minimum atomic E-state index is -1.72. The van der Waals surface area contributed by atoms with Crippen LogP contribution in [0.1, 0.15) is 11.1 Å². The van der Waals surface area contributed by atoms with Crippen LogP contribution < -0.4 is 27.1 Å². The van der Waals surface area contributed by atoms with Gasteiger partial charge >= 0.3 is 7.12 Å². The zero-order chi connectivity index (χ0) is 57.5. The molecule has 0 aliphatic rings. The van der Waals surface area contributed by atoms with E-state index in [-0.39, 0.29) is 42.7 Å². The second-order valence-electron chi connectivity index (χ2n) is 15.7. The third-order valence-electron chi connectivity index (χ3n) is 10.3. The number of halogens is 5. The van der Waals surface area contributed by atoms with Gasteiger partial charge in [-0.3, -0.25) is 0 Å². The molecule has 2 aromatic heterocycles. The van der Waals surface area contributed by atoms with Crippen LogP contribution in [0.25, 0.3) is 22.8 Å². The molecule has 10 rings (SSSR count). The maximum absolute atomic E-state index is 13.8. The molecule has 0 unspecified atom stereocenters. The first-order valence-electron chi connectivity index (χ1n) is 23.8. The standard InChI is InChI=1S/C15H14FN5O.C13H10FN5.C13H9FN2.C7H6N2.C6H6BFO2.C2H5BrO/c16-12-6-2-4-8-14(12)17-13-7-3-1-5-11(13)15-18-20-21(19-15)9-10-22;14-10-6-2-4-8-12(10)15-11-7-3-1-5-9(11)13-16-18-19-17-13;14-11-6-2-4-8-13(11)16-12-7-3-1-5-10(12)9-15;8-5-6-3-1-2-4-7(6)9;8-6-4-2-1-3-5(6)7(9)10;3-1-2-4/h1-8,17,22H,9-10H2;1-8,15H,(H,16,17,18,19);1-8,16H;1-4H,9H2;1-4,9-10H;4H,1-2H2. The summed E-state index contributed by atoms with van der Waals surface area (Å²) in [6, 6.07) is 57.5. The van der Waals surface area contributed by atoms with E-state index >= 15 is 0 Å². The Labute approximate surface area is 465 Å². The molecule has 0 bridgehead atoms. The van der Waals surface area contributed by atoms with Gasteiger partial charge in [0.15, 0.2) is 0 Å². The highest BCUT2D eigenvalue weighted by atomic mass is 79.9. The number of nitriles is 2. The van der Waals surface area contributed by atoms with Gasteiger partial charge in [0.05, 0.1) is 53.6 Å². The van der Waals surface area contributed by atoms with Gasteiger partial charge in [-0.25, -0.2) is 17.6 Å². The van der Waals surface area contributed by atoms with Crippen molar-refractivity contribution in [2.24, 2.45) is 0 Å². The fourth-order valence-electron chi connectivity index (χ4n) is 6.48. The topological polar surface area (TPSA) is 289 Å². The molecule has 8 aromatic carbocycles. The van der Waals surface area contributed by atoms with Gasteiger partial charge in [0.25, 0.3) is 0 Å². The predicted molar refractivity (Wildman–Crippen MR) is 303 cm³/mol. The van der Waals surface area contributed by atoms with Gasteiger partial charge in [0.2, 0.25) is 11.6 Å². The van der Waals surface area contributed by atoms with E-state index in [1.165, 1.54) is 47.3 Å². The number of nitrogen functional groups attached to an aromatic ring is 1. The number of benzene rings is 8. The number of rotatable bonds is 12. The number of aromatic amines is 1. The molecular formula is C56H50BBrF4N14O4. The van der Waals surface area contributed by atoms with Crippen LogP contribution in [0.3, 0.4) is 0 Å². The number of aliphatic hydroxyl groups excluding tert-OH is 2. The molecule has 0 saturated heterocycles. The molecule has 2 heterocycles. The Hall–Kier alpha value is -9.82. The van der Waals surface area contributed by atoms with E-state index in [4.69, 9.17) is 36.5 Å².